The molecule has 0 bridgehead atoms. The highest BCUT2D eigenvalue weighted by molar-refractivity contribution is 6.05. The summed E-state index contributed by atoms with van der Waals surface area (Å²) in [6, 6.07) is 0. The Hall–Kier alpha value is -1.32. The molecule has 2 aliphatic heterocycles. The summed E-state index contributed by atoms with van der Waals surface area (Å²) in [5, 5.41) is 5.61. The van der Waals surface area contributed by atoms with Gasteiger partial charge in [-0.05, 0) is 0 Å². The maximum atomic E-state index is 3.91. The van der Waals surface area contributed by atoms with E-state index in [1.165, 1.54) is 0 Å². The van der Waals surface area contributed by atoms with Crippen molar-refractivity contribution in [1.82, 2.24) is 10.6 Å². The third-order valence-electron chi connectivity index (χ3n) is 1.08. The fourth-order valence-corrected chi connectivity index (χ4v) is 0.675. The van der Waals surface area contributed by atoms with E-state index in [0.29, 0.717) is 5.84 Å². The van der Waals surface area contributed by atoms with Crippen molar-refractivity contribution >= 4 is 12.2 Å². The van der Waals surface area contributed by atoms with Crippen molar-refractivity contribution in [2.75, 3.05) is 0 Å². The van der Waals surface area contributed by atoms with Gasteiger partial charge in [-0.2, -0.15) is 0 Å². The number of rotatable bonds is 0. The smallest absolute Gasteiger partial charge is 0.229 e. The van der Waals surface area contributed by atoms with Crippen LogP contribution >= 0.6 is 0 Å². The topological polar surface area (TPSA) is 48.8 Å². The van der Waals surface area contributed by atoms with Gasteiger partial charge in [0.05, 0.1) is 12.0 Å². The summed E-state index contributed by atoms with van der Waals surface area (Å²) in [5.74, 6) is 0.689. The van der Waals surface area contributed by atoms with Crippen molar-refractivity contribution in [3.63, 3.8) is 0 Å². The zero-order valence-electron chi connectivity index (χ0n) is 4.55. The van der Waals surface area contributed by atoms with Crippen LogP contribution < -0.4 is 10.6 Å². The van der Waals surface area contributed by atoms with Crippen LogP contribution in [0.2, 0.25) is 0 Å². The first-order valence-electron chi connectivity index (χ1n) is 2.55. The first-order chi connectivity index (χ1) is 4.47. The van der Waals surface area contributed by atoms with Crippen molar-refractivity contribution in [3.8, 4) is 0 Å². The highest BCUT2D eigenvalue weighted by Crippen LogP contribution is 2.05. The maximum Gasteiger partial charge on any atom is 0.229 e. The summed E-state index contributed by atoms with van der Waals surface area (Å²) >= 11 is 0. The Balaban J connectivity index is 2.37. The highest BCUT2D eigenvalue weighted by Gasteiger charge is 2.13. The van der Waals surface area contributed by atoms with Crippen LogP contribution in [-0.2, 0) is 0 Å². The molecule has 0 saturated heterocycles. The number of amidine groups is 1. The minimum atomic E-state index is 0.689. The zero-order chi connectivity index (χ0) is 6.10. The molecule has 0 fully saturated rings. The Labute approximate surface area is 52.4 Å². The van der Waals surface area contributed by atoms with Crippen LogP contribution in [-0.4, -0.2) is 12.2 Å². The van der Waals surface area contributed by atoms with Crippen LogP contribution in [0.15, 0.2) is 21.9 Å². The van der Waals surface area contributed by atoms with E-state index in [1.54, 1.807) is 12.5 Å². The third kappa shape index (κ3) is 0.595. The van der Waals surface area contributed by atoms with Gasteiger partial charge in [0.15, 0.2) is 5.84 Å². The van der Waals surface area contributed by atoms with Gasteiger partial charge in [-0.15, -0.1) is 0 Å². The normalized spacial score (nSPS) is 21.3. The standard InChI is InChI=1S/C5H4N4/c1-4-5(8-2-6-1)9-3-7-4/h1-2,7H,(H,6,8,9). The van der Waals surface area contributed by atoms with E-state index in [4.69, 9.17) is 0 Å². The number of hydrogen-bond donors (Lipinski definition) is 2. The van der Waals surface area contributed by atoms with Gasteiger partial charge in [-0.3, -0.25) is 0 Å². The lowest BCUT2D eigenvalue weighted by Crippen LogP contribution is -2.18. The molecule has 0 amide bonds. The Morgan fingerprint density at radius 3 is 3.44 bits per heavy atom. The first kappa shape index (κ1) is 4.55. The lowest BCUT2D eigenvalue weighted by atomic mass is 10.4. The summed E-state index contributed by atoms with van der Waals surface area (Å²) in [6.07, 6.45) is 3.36. The molecular formula is C5H4N4. The van der Waals surface area contributed by atoms with Crippen molar-refractivity contribution in [3.05, 3.63) is 18.6 Å². The van der Waals surface area contributed by atoms with E-state index >= 15 is 0 Å². The predicted molar refractivity (Wildman–Crippen MR) is 33.5 cm³/mol. The number of fused-ring (bicyclic) bond motifs is 1. The second-order valence-electron chi connectivity index (χ2n) is 1.66. The maximum absolute atomic E-state index is 3.91. The molecule has 0 aromatic carbocycles. The second kappa shape index (κ2) is 1.58. The van der Waals surface area contributed by atoms with Crippen LogP contribution in [0.1, 0.15) is 0 Å². The number of nitrogens with zero attached hydrogens (tertiary/aromatic N) is 2. The summed E-state index contributed by atoms with van der Waals surface area (Å²) in [4.78, 5) is 7.72. The molecule has 0 aromatic rings. The molecule has 0 atom stereocenters. The number of nitrogens with one attached hydrogen (secondary N) is 2. The summed E-state index contributed by atoms with van der Waals surface area (Å²) < 4.78 is 0. The second-order valence-corrected chi connectivity index (χ2v) is 1.66. The lowest BCUT2D eigenvalue weighted by Gasteiger charge is -2.02. The molecule has 2 aliphatic rings. The van der Waals surface area contributed by atoms with E-state index in [9.17, 15) is 0 Å². The van der Waals surface area contributed by atoms with Crippen molar-refractivity contribution < 1.29 is 0 Å². The van der Waals surface area contributed by atoms with Gasteiger partial charge in [0.1, 0.15) is 0 Å². The largest absolute Gasteiger partial charge is 0.350 e. The molecule has 4 nitrogen and oxygen atoms in total. The van der Waals surface area contributed by atoms with Gasteiger partial charge in [0.2, 0.25) is 6.67 Å². The Morgan fingerprint density at radius 1 is 1.56 bits per heavy atom. The Kier molecular flexibility index (Phi) is 0.798. The van der Waals surface area contributed by atoms with E-state index in [2.05, 4.69) is 27.3 Å². The molecule has 0 unspecified atom stereocenters. The average molecular weight is 120 g/mol. The van der Waals surface area contributed by atoms with Gasteiger partial charge in [0.25, 0.3) is 0 Å². The summed E-state index contributed by atoms with van der Waals surface area (Å²) in [7, 11) is 0. The molecule has 0 aromatic heterocycles. The average Bonchev–Trinajstić information content (AvgIpc) is 2.33. The Morgan fingerprint density at radius 2 is 2.56 bits per heavy atom. The number of hydrogen-bond acceptors (Lipinski definition) is 4. The molecule has 2 rings (SSSR count). The van der Waals surface area contributed by atoms with Crippen LogP contribution in [0.25, 0.3) is 0 Å². The SMILES string of the molecule is [C]1N=C2N=CNC=C2N1. The van der Waals surface area contributed by atoms with Crippen molar-refractivity contribution in [2.24, 2.45) is 9.98 Å². The van der Waals surface area contributed by atoms with Gasteiger partial charge >= 0.3 is 0 Å². The van der Waals surface area contributed by atoms with E-state index < -0.39 is 0 Å². The van der Waals surface area contributed by atoms with E-state index in [1.807, 2.05) is 0 Å². The molecule has 0 aliphatic carbocycles. The molecule has 0 saturated carbocycles. The van der Waals surface area contributed by atoms with Gasteiger partial charge in [0, 0.05) is 6.20 Å². The molecule has 2 heterocycles. The number of aliphatic imine (C=N–C) groups is 2. The van der Waals surface area contributed by atoms with Gasteiger partial charge in [-0.1, -0.05) is 0 Å². The third-order valence-corrected chi connectivity index (χ3v) is 1.08. The molecular weight excluding hydrogens is 116 g/mol. The monoisotopic (exact) mass is 120 g/mol. The van der Waals surface area contributed by atoms with Gasteiger partial charge < -0.3 is 10.6 Å². The van der Waals surface area contributed by atoms with Gasteiger partial charge in [-0.25, -0.2) is 9.98 Å². The molecule has 44 valence electrons. The molecule has 9 heavy (non-hydrogen) atoms. The van der Waals surface area contributed by atoms with Crippen LogP contribution in [0.3, 0.4) is 0 Å². The molecule has 0 spiro atoms. The summed E-state index contributed by atoms with van der Waals surface area (Å²) in [5.41, 5.74) is 0.873. The zero-order valence-corrected chi connectivity index (χ0v) is 4.55. The minimum absolute atomic E-state index is 0.689. The fraction of sp³-hybridized carbons (Fsp3) is 0. The predicted octanol–water partition coefficient (Wildman–Crippen LogP) is -0.543. The highest BCUT2D eigenvalue weighted by atomic mass is 15.2. The van der Waals surface area contributed by atoms with E-state index in [-0.39, 0.29) is 0 Å². The van der Waals surface area contributed by atoms with E-state index in [0.717, 1.165) is 5.70 Å². The molecule has 2 radical (unpaired) electrons. The first-order valence-corrected chi connectivity index (χ1v) is 2.55. The van der Waals surface area contributed by atoms with Crippen LogP contribution in [0.5, 0.6) is 0 Å². The molecule has 4 heteroatoms. The van der Waals surface area contributed by atoms with Crippen LogP contribution in [0, 0.1) is 6.67 Å². The summed E-state index contributed by atoms with van der Waals surface area (Å²) in [6.45, 7) is 2.58. The van der Waals surface area contributed by atoms with Crippen molar-refractivity contribution in [2.45, 2.75) is 0 Å². The molecule has 2 N–H and O–H groups in total. The lowest BCUT2D eigenvalue weighted by molar-refractivity contribution is 1.02. The fourth-order valence-electron chi connectivity index (χ4n) is 0.675. The minimum Gasteiger partial charge on any atom is -0.350 e. The van der Waals surface area contributed by atoms with Crippen LogP contribution in [0.4, 0.5) is 0 Å². The Bertz CT molecular complexity index is 213. The van der Waals surface area contributed by atoms with Crippen molar-refractivity contribution in [1.29, 1.82) is 0 Å². The quantitative estimate of drug-likeness (QED) is 0.451.